The number of hydrogen-bond donors (Lipinski definition) is 0. The van der Waals surface area contributed by atoms with Gasteiger partial charge in [-0.1, -0.05) is 27.7 Å². The maximum absolute atomic E-state index is 13.4. The normalized spacial score (nSPS) is 15.5. The van der Waals surface area contributed by atoms with Crippen molar-refractivity contribution in [3.63, 3.8) is 0 Å². The SMILES string of the molecule is Cc1c(C2=C3OC(=O)C(c4sc(C(C)C)c(C)c4C)=C3OC2=O)sc(-c2sc3c(C)c(C(C)C)sc3c2C)c1C. The van der Waals surface area contributed by atoms with Crippen molar-refractivity contribution >= 4 is 77.8 Å². The average Bonchev–Trinajstić information content (AvgIpc) is 3.68. The van der Waals surface area contributed by atoms with Gasteiger partial charge in [-0.15, -0.1) is 45.3 Å². The molecule has 0 saturated carbocycles. The van der Waals surface area contributed by atoms with E-state index >= 15 is 0 Å². The van der Waals surface area contributed by atoms with E-state index in [-0.39, 0.29) is 11.5 Å². The van der Waals surface area contributed by atoms with Crippen LogP contribution in [0.2, 0.25) is 0 Å². The number of aryl methyl sites for hydroxylation is 2. The first kappa shape index (κ1) is 27.6. The van der Waals surface area contributed by atoms with Crippen LogP contribution < -0.4 is 0 Å². The van der Waals surface area contributed by atoms with Crippen LogP contribution in [0.25, 0.3) is 30.3 Å². The lowest BCUT2D eigenvalue weighted by molar-refractivity contribution is -0.131. The molecule has 0 bridgehead atoms. The third kappa shape index (κ3) is 3.79. The fraction of sp³-hybridized carbons (Fsp3) is 0.375. The zero-order chi connectivity index (χ0) is 28.9. The van der Waals surface area contributed by atoms with Crippen molar-refractivity contribution in [2.75, 3.05) is 0 Å². The summed E-state index contributed by atoms with van der Waals surface area (Å²) in [6, 6.07) is 0. The minimum atomic E-state index is -0.456. The number of fused-ring (bicyclic) bond motifs is 2. The molecular formula is C32H32O4S4. The van der Waals surface area contributed by atoms with Crippen LogP contribution in [-0.4, -0.2) is 11.9 Å². The van der Waals surface area contributed by atoms with Crippen LogP contribution in [-0.2, 0) is 19.1 Å². The van der Waals surface area contributed by atoms with Crippen LogP contribution in [0.4, 0.5) is 0 Å². The van der Waals surface area contributed by atoms with E-state index in [2.05, 4.69) is 55.4 Å². The maximum Gasteiger partial charge on any atom is 0.349 e. The molecule has 6 heterocycles. The molecular weight excluding hydrogens is 577 g/mol. The van der Waals surface area contributed by atoms with Crippen LogP contribution in [0.5, 0.6) is 0 Å². The lowest BCUT2D eigenvalue weighted by Gasteiger charge is -2.03. The molecule has 0 amide bonds. The smallest absolute Gasteiger partial charge is 0.349 e. The van der Waals surface area contributed by atoms with Gasteiger partial charge in [-0.25, -0.2) is 9.59 Å². The number of carbonyl (C=O) groups is 2. The monoisotopic (exact) mass is 608 g/mol. The van der Waals surface area contributed by atoms with Crippen LogP contribution in [0.15, 0.2) is 11.5 Å². The van der Waals surface area contributed by atoms with E-state index < -0.39 is 11.9 Å². The fourth-order valence-corrected chi connectivity index (χ4v) is 11.4. The van der Waals surface area contributed by atoms with Crippen LogP contribution >= 0.6 is 45.3 Å². The molecule has 2 aliphatic rings. The van der Waals surface area contributed by atoms with Gasteiger partial charge in [0.15, 0.2) is 11.5 Å². The summed E-state index contributed by atoms with van der Waals surface area (Å²) in [6.45, 7) is 21.5. The molecule has 8 heteroatoms. The van der Waals surface area contributed by atoms with Gasteiger partial charge >= 0.3 is 11.9 Å². The molecule has 2 aliphatic heterocycles. The summed E-state index contributed by atoms with van der Waals surface area (Å²) in [6.07, 6.45) is 0. The van der Waals surface area contributed by atoms with Crippen molar-refractivity contribution in [2.45, 2.75) is 81.1 Å². The Balaban J connectivity index is 1.50. The van der Waals surface area contributed by atoms with Crippen molar-refractivity contribution in [1.29, 1.82) is 0 Å². The quantitative estimate of drug-likeness (QED) is 0.212. The molecule has 0 N–H and O–H groups in total. The first-order chi connectivity index (χ1) is 18.8. The van der Waals surface area contributed by atoms with Crippen LogP contribution in [0.3, 0.4) is 0 Å². The molecule has 4 nitrogen and oxygen atoms in total. The zero-order valence-electron chi connectivity index (χ0n) is 24.4. The molecule has 0 radical (unpaired) electrons. The minimum absolute atomic E-state index is 0.263. The minimum Gasteiger partial charge on any atom is -0.418 e. The summed E-state index contributed by atoms with van der Waals surface area (Å²) < 4.78 is 14.3. The Morgan fingerprint density at radius 1 is 0.475 bits per heavy atom. The van der Waals surface area contributed by atoms with Gasteiger partial charge in [0.25, 0.3) is 0 Å². The zero-order valence-corrected chi connectivity index (χ0v) is 27.7. The Labute approximate surface area is 251 Å². The van der Waals surface area contributed by atoms with E-state index in [1.165, 1.54) is 40.7 Å². The van der Waals surface area contributed by atoms with Gasteiger partial charge < -0.3 is 9.47 Å². The highest BCUT2D eigenvalue weighted by Gasteiger charge is 2.46. The third-order valence-corrected chi connectivity index (χ3v) is 14.7. The summed E-state index contributed by atoms with van der Waals surface area (Å²) in [5.74, 6) is 0.463. The maximum atomic E-state index is 13.4. The van der Waals surface area contributed by atoms with Gasteiger partial charge in [0, 0.05) is 38.7 Å². The fourth-order valence-electron chi connectivity index (χ4n) is 5.68. The van der Waals surface area contributed by atoms with Gasteiger partial charge in [0.05, 0.1) is 0 Å². The van der Waals surface area contributed by atoms with Crippen molar-refractivity contribution < 1.29 is 19.1 Å². The van der Waals surface area contributed by atoms with Crippen molar-refractivity contribution in [3.8, 4) is 9.75 Å². The number of hydrogen-bond acceptors (Lipinski definition) is 8. The van der Waals surface area contributed by atoms with Crippen LogP contribution in [0, 0.1) is 41.5 Å². The summed E-state index contributed by atoms with van der Waals surface area (Å²) in [7, 11) is 0. The highest BCUT2D eigenvalue weighted by molar-refractivity contribution is 7.32. The Morgan fingerprint density at radius 3 is 1.40 bits per heavy atom. The Morgan fingerprint density at radius 2 is 0.900 bits per heavy atom. The van der Waals surface area contributed by atoms with Gasteiger partial charge in [0.2, 0.25) is 0 Å². The molecule has 0 unspecified atom stereocenters. The largest absolute Gasteiger partial charge is 0.418 e. The first-order valence-corrected chi connectivity index (χ1v) is 16.8. The van der Waals surface area contributed by atoms with E-state index in [0.717, 1.165) is 31.3 Å². The number of carbonyl (C=O) groups excluding carboxylic acids is 2. The van der Waals surface area contributed by atoms with E-state index in [0.29, 0.717) is 23.0 Å². The van der Waals surface area contributed by atoms with Crippen LogP contribution in [0.1, 0.15) is 92.4 Å². The molecule has 4 aromatic rings. The summed E-state index contributed by atoms with van der Waals surface area (Å²) in [5.41, 5.74) is 7.78. The summed E-state index contributed by atoms with van der Waals surface area (Å²) in [5, 5.41) is 0. The predicted octanol–water partition coefficient (Wildman–Crippen LogP) is 10.1. The van der Waals surface area contributed by atoms with Gasteiger partial charge in [-0.2, -0.15) is 0 Å². The average molecular weight is 609 g/mol. The molecule has 6 rings (SSSR count). The molecule has 0 spiro atoms. The number of ether oxygens (including phenoxy) is 2. The molecule has 4 aromatic heterocycles. The molecule has 0 aliphatic carbocycles. The molecule has 0 aromatic carbocycles. The third-order valence-electron chi connectivity index (χ3n) is 8.11. The van der Waals surface area contributed by atoms with E-state index in [1.54, 1.807) is 22.7 Å². The second-order valence-electron chi connectivity index (χ2n) is 11.4. The lowest BCUT2D eigenvalue weighted by Crippen LogP contribution is -2.04. The highest BCUT2D eigenvalue weighted by atomic mass is 32.1. The molecule has 40 heavy (non-hydrogen) atoms. The first-order valence-electron chi connectivity index (χ1n) is 13.5. The van der Waals surface area contributed by atoms with E-state index in [1.807, 2.05) is 36.5 Å². The van der Waals surface area contributed by atoms with E-state index in [4.69, 9.17) is 9.47 Å². The molecule has 0 fully saturated rings. The van der Waals surface area contributed by atoms with Gasteiger partial charge in [-0.3, -0.25) is 0 Å². The topological polar surface area (TPSA) is 52.6 Å². The number of rotatable bonds is 5. The molecule has 208 valence electrons. The van der Waals surface area contributed by atoms with Crippen molar-refractivity contribution in [1.82, 2.24) is 0 Å². The second-order valence-corrected chi connectivity index (χ2v) is 15.5. The van der Waals surface area contributed by atoms with E-state index in [9.17, 15) is 9.59 Å². The van der Waals surface area contributed by atoms with Crippen molar-refractivity contribution in [2.24, 2.45) is 0 Å². The Bertz CT molecular complexity index is 1840. The Hall–Kier alpha value is -2.52. The molecule has 0 atom stereocenters. The number of thiophene rings is 4. The standard InChI is InChI=1S/C32H32O4S4/c1-11(2)23-13(5)14(6)25(37-23)19-21-22(36-31(19)33)20(32(34)35-21)26-15(7)16(8)27(39-26)29-18(10)30-28(40-29)17(9)24(38-30)12(3)4/h11-12H,1-10H3. The predicted molar refractivity (Wildman–Crippen MR) is 170 cm³/mol. The number of esters is 2. The summed E-state index contributed by atoms with van der Waals surface area (Å²) >= 11 is 6.93. The Kier molecular flexibility index (Phi) is 6.57. The van der Waals surface area contributed by atoms with Crippen molar-refractivity contribution in [3.05, 3.63) is 64.4 Å². The summed E-state index contributed by atoms with van der Waals surface area (Å²) in [4.78, 5) is 33.3. The molecule has 0 saturated heterocycles. The second kappa shape index (κ2) is 9.51. The van der Waals surface area contributed by atoms with Gasteiger partial charge in [0.1, 0.15) is 11.1 Å². The highest BCUT2D eigenvalue weighted by Crippen LogP contribution is 2.53. The van der Waals surface area contributed by atoms with Gasteiger partial charge in [-0.05, 0) is 86.8 Å². The lowest BCUT2D eigenvalue weighted by atomic mass is 10.0.